The molecule has 240 valence electrons. The third kappa shape index (κ3) is 17.7. The predicted molar refractivity (Wildman–Crippen MR) is 144 cm³/mol. The molecule has 0 aliphatic carbocycles. The molecule has 0 heterocycles. The van der Waals surface area contributed by atoms with Gasteiger partial charge in [0.15, 0.2) is 6.29 Å². The van der Waals surface area contributed by atoms with Gasteiger partial charge in [0, 0.05) is 18.2 Å². The zero-order valence-corrected chi connectivity index (χ0v) is 23.9. The topological polar surface area (TPSA) is 225 Å². The van der Waals surface area contributed by atoms with Crippen molar-refractivity contribution >= 4 is 24.2 Å². The van der Waals surface area contributed by atoms with Crippen LogP contribution in [0.25, 0.3) is 0 Å². The minimum absolute atomic E-state index is 0.247. The molecule has 15 heteroatoms. The molecule has 0 aromatic heterocycles. The summed E-state index contributed by atoms with van der Waals surface area (Å²) in [5.41, 5.74) is 0. The van der Waals surface area contributed by atoms with Crippen LogP contribution in [0.2, 0.25) is 0 Å². The Morgan fingerprint density at radius 1 is 0.595 bits per heavy atom. The summed E-state index contributed by atoms with van der Waals surface area (Å²) in [6, 6.07) is 0. The van der Waals surface area contributed by atoms with Gasteiger partial charge in [-0.2, -0.15) is 0 Å². The maximum atomic E-state index is 12.0. The highest BCUT2D eigenvalue weighted by Crippen LogP contribution is 2.17. The van der Waals surface area contributed by atoms with Gasteiger partial charge >= 0.3 is 17.9 Å². The minimum Gasteiger partial charge on any atom is -0.460 e. The van der Waals surface area contributed by atoms with Crippen molar-refractivity contribution < 1.29 is 73.1 Å². The van der Waals surface area contributed by atoms with E-state index in [0.29, 0.717) is 0 Å². The average molecular weight is 607 g/mol. The number of hydrogen-bond donors (Lipinski definition) is 5. The number of carbonyl (C=O) groups is 4. The number of aliphatic hydroxyl groups excluding tert-OH is 5. The number of rotatable bonds is 23. The Balaban J connectivity index is 5.65. The van der Waals surface area contributed by atoms with Gasteiger partial charge in [0.1, 0.15) is 62.5 Å². The fraction of sp³-hybridized carbons (Fsp3) is 0.630. The lowest BCUT2D eigenvalue weighted by molar-refractivity contribution is -0.194. The molecule has 0 rings (SSSR count). The maximum Gasteiger partial charge on any atom is 0.330 e. The summed E-state index contributed by atoms with van der Waals surface area (Å²) in [5.74, 6) is -2.17. The highest BCUT2D eigenvalue weighted by molar-refractivity contribution is 5.82. The second-order valence-electron chi connectivity index (χ2n) is 8.63. The van der Waals surface area contributed by atoms with Crippen LogP contribution < -0.4 is 0 Å². The predicted octanol–water partition coefficient (Wildman–Crippen LogP) is -1.87. The highest BCUT2D eigenvalue weighted by Gasteiger charge is 2.38. The SMILES string of the molecule is CC=CC(=O)OCC(O)CO[C@H]([C@H](OCC(O)COC(=O)C=CC)[C@H](C=O)OCC(O)COC(=O)C=CC)[C@H](O)CO. The molecule has 0 radical (unpaired) electrons. The fourth-order valence-corrected chi connectivity index (χ4v) is 3.02. The van der Waals surface area contributed by atoms with E-state index in [9.17, 15) is 44.7 Å². The lowest BCUT2D eigenvalue weighted by Crippen LogP contribution is -2.52. The van der Waals surface area contributed by atoms with E-state index in [-0.39, 0.29) is 6.29 Å². The molecule has 0 saturated heterocycles. The first-order chi connectivity index (χ1) is 20.0. The van der Waals surface area contributed by atoms with Gasteiger partial charge in [0.05, 0.1) is 26.4 Å². The molecule has 0 aliphatic heterocycles. The smallest absolute Gasteiger partial charge is 0.330 e. The number of ether oxygens (including phenoxy) is 6. The first-order valence-corrected chi connectivity index (χ1v) is 13.0. The van der Waals surface area contributed by atoms with Crippen molar-refractivity contribution in [1.29, 1.82) is 0 Å². The molecule has 5 N–H and O–H groups in total. The Morgan fingerprint density at radius 2 is 0.952 bits per heavy atom. The molecule has 0 aromatic rings. The quantitative estimate of drug-likeness (QED) is 0.0372. The van der Waals surface area contributed by atoms with Crippen molar-refractivity contribution in [1.82, 2.24) is 0 Å². The van der Waals surface area contributed by atoms with Crippen LogP contribution in [-0.2, 0) is 47.6 Å². The van der Waals surface area contributed by atoms with Gasteiger partial charge in [-0.1, -0.05) is 18.2 Å². The summed E-state index contributed by atoms with van der Waals surface area (Å²) in [5, 5.41) is 50.6. The van der Waals surface area contributed by atoms with Crippen LogP contribution in [-0.4, -0.2) is 139 Å². The Labute approximate surface area is 243 Å². The standard InChI is InChI=1S/C27H42O15/c1-4-7-23(34)38-13-18(30)12-37-22(11-29)27(42-17-20(32)15-40-25(36)9-6-3)26(21(33)10-28)41-16-19(31)14-39-24(35)8-5-2/h4-9,11,18-22,26-28,30-33H,10,12-17H2,1-3H3/t18?,19?,20?,21-,22+,26+,27-/m1/s1. The van der Waals surface area contributed by atoms with Crippen LogP contribution in [0.3, 0.4) is 0 Å². The molecule has 3 unspecified atom stereocenters. The first-order valence-electron chi connectivity index (χ1n) is 13.0. The minimum atomic E-state index is -1.71. The normalized spacial score (nSPS) is 17.0. The summed E-state index contributed by atoms with van der Waals surface area (Å²) in [7, 11) is 0. The first kappa shape index (κ1) is 39.0. The summed E-state index contributed by atoms with van der Waals surface area (Å²) in [6.45, 7) is 0.714. The molecule has 0 aliphatic rings. The molecular weight excluding hydrogens is 564 g/mol. The fourth-order valence-electron chi connectivity index (χ4n) is 3.02. The van der Waals surface area contributed by atoms with Crippen LogP contribution in [0.5, 0.6) is 0 Å². The Morgan fingerprint density at radius 3 is 1.29 bits per heavy atom. The second-order valence-corrected chi connectivity index (χ2v) is 8.63. The Hall–Kier alpha value is -3.02. The van der Waals surface area contributed by atoms with Gasteiger partial charge in [-0.05, 0) is 20.8 Å². The summed E-state index contributed by atoms with van der Waals surface area (Å²) in [4.78, 5) is 46.5. The lowest BCUT2D eigenvalue weighted by Gasteiger charge is -2.34. The van der Waals surface area contributed by atoms with Crippen molar-refractivity contribution in [3.05, 3.63) is 36.5 Å². The summed E-state index contributed by atoms with van der Waals surface area (Å²) in [6.07, 6.45) is -2.73. The second kappa shape index (κ2) is 23.5. The molecule has 0 spiro atoms. The van der Waals surface area contributed by atoms with Crippen LogP contribution in [0, 0.1) is 0 Å². The summed E-state index contributed by atoms with van der Waals surface area (Å²) < 4.78 is 31.0. The third-order valence-corrected chi connectivity index (χ3v) is 4.95. The summed E-state index contributed by atoms with van der Waals surface area (Å²) >= 11 is 0. The van der Waals surface area contributed by atoms with E-state index in [1.807, 2.05) is 0 Å². The monoisotopic (exact) mass is 606 g/mol. The molecule has 0 saturated carbocycles. The molecule has 42 heavy (non-hydrogen) atoms. The number of esters is 3. The largest absolute Gasteiger partial charge is 0.460 e. The van der Waals surface area contributed by atoms with Crippen molar-refractivity contribution in [3.8, 4) is 0 Å². The molecule has 0 aromatic carbocycles. The van der Waals surface area contributed by atoms with Crippen LogP contribution in [0.15, 0.2) is 36.5 Å². The molecule has 0 amide bonds. The zero-order chi connectivity index (χ0) is 31.9. The maximum absolute atomic E-state index is 12.0. The Kier molecular flexibility index (Phi) is 21.8. The van der Waals surface area contributed by atoms with Gasteiger partial charge in [-0.15, -0.1) is 0 Å². The van der Waals surface area contributed by atoms with E-state index < -0.39 is 107 Å². The number of hydrogen-bond acceptors (Lipinski definition) is 15. The van der Waals surface area contributed by atoms with Gasteiger partial charge in [-0.25, -0.2) is 14.4 Å². The average Bonchev–Trinajstić information content (AvgIpc) is 2.96. The van der Waals surface area contributed by atoms with E-state index in [1.54, 1.807) is 20.8 Å². The van der Waals surface area contributed by atoms with Gasteiger partial charge < -0.3 is 58.7 Å². The van der Waals surface area contributed by atoms with E-state index in [4.69, 9.17) is 28.4 Å². The van der Waals surface area contributed by atoms with Crippen LogP contribution in [0.4, 0.5) is 0 Å². The Bertz CT molecular complexity index is 872. The van der Waals surface area contributed by atoms with E-state index in [0.717, 1.165) is 18.2 Å². The van der Waals surface area contributed by atoms with E-state index >= 15 is 0 Å². The van der Waals surface area contributed by atoms with Crippen LogP contribution in [0.1, 0.15) is 20.8 Å². The van der Waals surface area contributed by atoms with Gasteiger partial charge in [-0.3, -0.25) is 0 Å². The molecule has 7 atom stereocenters. The van der Waals surface area contributed by atoms with E-state index in [1.165, 1.54) is 18.2 Å². The number of aliphatic hydroxyl groups is 5. The van der Waals surface area contributed by atoms with Crippen molar-refractivity contribution in [2.45, 2.75) is 63.5 Å². The molecule has 0 bridgehead atoms. The van der Waals surface area contributed by atoms with Crippen molar-refractivity contribution in [2.75, 3.05) is 46.2 Å². The van der Waals surface area contributed by atoms with Gasteiger partial charge in [0.2, 0.25) is 0 Å². The van der Waals surface area contributed by atoms with Crippen LogP contribution >= 0.6 is 0 Å². The number of aldehydes is 1. The third-order valence-electron chi connectivity index (χ3n) is 4.95. The zero-order valence-electron chi connectivity index (χ0n) is 23.9. The van der Waals surface area contributed by atoms with Crippen molar-refractivity contribution in [2.24, 2.45) is 0 Å². The number of allylic oxidation sites excluding steroid dienone is 3. The van der Waals surface area contributed by atoms with Crippen molar-refractivity contribution in [3.63, 3.8) is 0 Å². The molecule has 0 fully saturated rings. The lowest BCUT2D eigenvalue weighted by atomic mass is 10.0. The van der Waals surface area contributed by atoms with Gasteiger partial charge in [0.25, 0.3) is 0 Å². The molecular formula is C27H42O15. The highest BCUT2D eigenvalue weighted by atomic mass is 16.6. The van der Waals surface area contributed by atoms with E-state index in [2.05, 4.69) is 0 Å². The molecule has 15 nitrogen and oxygen atoms in total. The number of carbonyl (C=O) groups excluding carboxylic acids is 4.